The van der Waals surface area contributed by atoms with Crippen LogP contribution in [0.1, 0.15) is 24.2 Å². The maximum absolute atomic E-state index is 13.3. The smallest absolute Gasteiger partial charge is 0.244 e. The highest BCUT2D eigenvalue weighted by atomic mass is 32.2. The van der Waals surface area contributed by atoms with Crippen LogP contribution in [0, 0.1) is 0 Å². The van der Waals surface area contributed by atoms with Crippen LogP contribution >= 0.6 is 11.8 Å². The van der Waals surface area contributed by atoms with Gasteiger partial charge in [-0.1, -0.05) is 24.3 Å². The van der Waals surface area contributed by atoms with Gasteiger partial charge < -0.3 is 20.3 Å². The van der Waals surface area contributed by atoms with E-state index in [4.69, 9.17) is 4.74 Å². The number of hydrogen-bond acceptors (Lipinski definition) is 5. The fourth-order valence-electron chi connectivity index (χ4n) is 3.74. The van der Waals surface area contributed by atoms with Gasteiger partial charge in [-0.05, 0) is 54.1 Å². The van der Waals surface area contributed by atoms with Crippen molar-refractivity contribution in [1.82, 2.24) is 0 Å². The fourth-order valence-corrected chi connectivity index (χ4v) is 5.02. The van der Waals surface area contributed by atoms with Crippen LogP contribution in [0.3, 0.4) is 0 Å². The molecule has 0 fully saturated rings. The lowest BCUT2D eigenvalue weighted by Crippen LogP contribution is -2.38. The molecule has 1 unspecified atom stereocenters. The van der Waals surface area contributed by atoms with Crippen LogP contribution in [0.5, 0.6) is 5.75 Å². The van der Waals surface area contributed by atoms with E-state index in [1.54, 1.807) is 48.0 Å². The van der Waals surface area contributed by atoms with Gasteiger partial charge in [-0.2, -0.15) is 0 Å². The van der Waals surface area contributed by atoms with E-state index in [1.165, 1.54) is 6.92 Å². The molecule has 34 heavy (non-hydrogen) atoms. The van der Waals surface area contributed by atoms with Crippen molar-refractivity contribution in [2.75, 3.05) is 29.2 Å². The van der Waals surface area contributed by atoms with Crippen LogP contribution in [-0.4, -0.2) is 31.4 Å². The molecule has 174 valence electrons. The lowest BCUT2D eigenvalue weighted by Gasteiger charge is -2.22. The zero-order valence-electron chi connectivity index (χ0n) is 18.9. The maximum atomic E-state index is 13.3. The Kier molecular flexibility index (Phi) is 7.18. The number of ether oxygens (including phenoxy) is 1. The standard InChI is InChI=1S/C26H25N3O4S/c1-17(30)27-19-9-11-20(12-10-19)28-25(31)16-29-22-5-3-4-6-23(22)34-24(15-26(29)32)18-7-13-21(33-2)14-8-18/h3-14,24H,15-16H2,1-2H3,(H,27,30)(H,28,31). The van der Waals surface area contributed by atoms with Gasteiger partial charge in [-0.25, -0.2) is 0 Å². The van der Waals surface area contributed by atoms with Crippen LogP contribution in [0.4, 0.5) is 17.1 Å². The molecular weight excluding hydrogens is 450 g/mol. The van der Waals surface area contributed by atoms with Gasteiger partial charge in [0.1, 0.15) is 12.3 Å². The number of fused-ring (bicyclic) bond motifs is 1. The fraction of sp³-hybridized carbons (Fsp3) is 0.192. The highest BCUT2D eigenvalue weighted by Crippen LogP contribution is 2.45. The largest absolute Gasteiger partial charge is 0.497 e. The van der Waals surface area contributed by atoms with Crippen molar-refractivity contribution in [3.05, 3.63) is 78.4 Å². The summed E-state index contributed by atoms with van der Waals surface area (Å²) in [4.78, 5) is 39.8. The van der Waals surface area contributed by atoms with E-state index >= 15 is 0 Å². The summed E-state index contributed by atoms with van der Waals surface area (Å²) in [7, 11) is 1.62. The molecule has 0 saturated heterocycles. The second-order valence-corrected chi connectivity index (χ2v) is 9.08. The first-order chi connectivity index (χ1) is 16.4. The Morgan fingerprint density at radius 3 is 2.26 bits per heavy atom. The number of carbonyl (C=O) groups is 3. The Hall–Kier alpha value is -3.78. The van der Waals surface area contributed by atoms with Gasteiger partial charge in [0.25, 0.3) is 0 Å². The first-order valence-electron chi connectivity index (χ1n) is 10.8. The first kappa shape index (κ1) is 23.4. The number of hydrogen-bond donors (Lipinski definition) is 2. The molecule has 0 aliphatic carbocycles. The predicted molar refractivity (Wildman–Crippen MR) is 134 cm³/mol. The molecule has 1 aliphatic heterocycles. The van der Waals surface area contributed by atoms with Crippen molar-refractivity contribution in [2.24, 2.45) is 0 Å². The summed E-state index contributed by atoms with van der Waals surface area (Å²) < 4.78 is 5.25. The number of rotatable bonds is 6. The summed E-state index contributed by atoms with van der Waals surface area (Å²) in [6, 6.07) is 22.2. The Bertz CT molecular complexity index is 1200. The van der Waals surface area contributed by atoms with Gasteiger partial charge in [0.2, 0.25) is 17.7 Å². The van der Waals surface area contributed by atoms with Crippen LogP contribution in [0.2, 0.25) is 0 Å². The minimum absolute atomic E-state index is 0.0751. The number of anilines is 3. The molecule has 3 aromatic rings. The molecule has 0 saturated carbocycles. The SMILES string of the molecule is COc1ccc(C2CC(=O)N(CC(=O)Nc3ccc(NC(C)=O)cc3)c3ccccc3S2)cc1. The average molecular weight is 476 g/mol. The highest BCUT2D eigenvalue weighted by molar-refractivity contribution is 7.99. The Morgan fingerprint density at radius 2 is 1.62 bits per heavy atom. The molecule has 0 bridgehead atoms. The average Bonchev–Trinajstić information content (AvgIpc) is 2.96. The highest BCUT2D eigenvalue weighted by Gasteiger charge is 2.30. The van der Waals surface area contributed by atoms with E-state index in [2.05, 4.69) is 10.6 Å². The van der Waals surface area contributed by atoms with Gasteiger partial charge >= 0.3 is 0 Å². The monoisotopic (exact) mass is 475 g/mol. The summed E-state index contributed by atoms with van der Waals surface area (Å²) in [5.74, 6) is 0.177. The number of amides is 3. The van der Waals surface area contributed by atoms with Gasteiger partial charge in [0.05, 0.1) is 12.8 Å². The normalized spacial score (nSPS) is 15.2. The maximum Gasteiger partial charge on any atom is 0.244 e. The molecule has 3 amide bonds. The third-order valence-corrected chi connectivity index (χ3v) is 6.69. The molecule has 1 atom stereocenters. The topological polar surface area (TPSA) is 87.7 Å². The van der Waals surface area contributed by atoms with E-state index in [-0.39, 0.29) is 35.9 Å². The molecular formula is C26H25N3O4S. The third-order valence-electron chi connectivity index (χ3n) is 5.36. The zero-order chi connectivity index (χ0) is 24.1. The molecule has 8 heteroatoms. The minimum Gasteiger partial charge on any atom is -0.497 e. The van der Waals surface area contributed by atoms with Crippen molar-refractivity contribution < 1.29 is 19.1 Å². The number of para-hydroxylation sites is 1. The van der Waals surface area contributed by atoms with E-state index in [0.717, 1.165) is 21.9 Å². The lowest BCUT2D eigenvalue weighted by atomic mass is 10.1. The summed E-state index contributed by atoms with van der Waals surface area (Å²) in [6.07, 6.45) is 0.268. The van der Waals surface area contributed by atoms with Crippen molar-refractivity contribution >= 4 is 46.5 Å². The van der Waals surface area contributed by atoms with E-state index in [0.29, 0.717) is 11.4 Å². The van der Waals surface area contributed by atoms with Crippen molar-refractivity contribution in [3.63, 3.8) is 0 Å². The molecule has 1 heterocycles. The second-order valence-electron chi connectivity index (χ2n) is 7.84. The third kappa shape index (κ3) is 5.58. The quantitative estimate of drug-likeness (QED) is 0.532. The van der Waals surface area contributed by atoms with Crippen molar-refractivity contribution in [3.8, 4) is 5.75 Å². The number of nitrogens with zero attached hydrogens (tertiary/aromatic N) is 1. The zero-order valence-corrected chi connectivity index (χ0v) is 19.7. The van der Waals surface area contributed by atoms with Gasteiger partial charge in [-0.3, -0.25) is 14.4 Å². The molecule has 2 N–H and O–H groups in total. The van der Waals surface area contributed by atoms with Crippen LogP contribution in [0.25, 0.3) is 0 Å². The summed E-state index contributed by atoms with van der Waals surface area (Å²) in [5, 5.41) is 5.44. The lowest BCUT2D eigenvalue weighted by molar-refractivity contribution is -0.121. The predicted octanol–water partition coefficient (Wildman–Crippen LogP) is 4.86. The molecule has 0 radical (unpaired) electrons. The Morgan fingerprint density at radius 1 is 0.971 bits per heavy atom. The molecule has 4 rings (SSSR count). The van der Waals surface area contributed by atoms with Crippen LogP contribution in [0.15, 0.2) is 77.7 Å². The molecule has 3 aromatic carbocycles. The van der Waals surface area contributed by atoms with E-state index in [1.807, 2.05) is 48.5 Å². The number of carbonyl (C=O) groups excluding carboxylic acids is 3. The summed E-state index contributed by atoms with van der Waals surface area (Å²) >= 11 is 1.62. The molecule has 1 aliphatic rings. The van der Waals surface area contributed by atoms with Crippen LogP contribution in [-0.2, 0) is 14.4 Å². The van der Waals surface area contributed by atoms with Gasteiger partial charge in [0, 0.05) is 34.9 Å². The number of thioether (sulfide) groups is 1. The molecule has 7 nitrogen and oxygen atoms in total. The molecule has 0 spiro atoms. The van der Waals surface area contributed by atoms with E-state index < -0.39 is 0 Å². The summed E-state index contributed by atoms with van der Waals surface area (Å²) in [5.41, 5.74) is 2.98. The second kappa shape index (κ2) is 10.4. The number of nitrogens with one attached hydrogen (secondary N) is 2. The van der Waals surface area contributed by atoms with E-state index in [9.17, 15) is 14.4 Å². The Labute approximate surface area is 202 Å². The molecule has 0 aromatic heterocycles. The number of methoxy groups -OCH3 is 1. The minimum atomic E-state index is -0.302. The van der Waals surface area contributed by atoms with Crippen molar-refractivity contribution in [2.45, 2.75) is 23.5 Å². The number of benzene rings is 3. The van der Waals surface area contributed by atoms with Gasteiger partial charge in [-0.15, -0.1) is 11.8 Å². The summed E-state index contributed by atoms with van der Waals surface area (Å²) in [6.45, 7) is 1.34. The first-order valence-corrected chi connectivity index (χ1v) is 11.7. The van der Waals surface area contributed by atoms with Crippen molar-refractivity contribution in [1.29, 1.82) is 0 Å². The van der Waals surface area contributed by atoms with Crippen LogP contribution < -0.4 is 20.3 Å². The van der Waals surface area contributed by atoms with Gasteiger partial charge in [0.15, 0.2) is 0 Å². The Balaban J connectivity index is 1.50.